The van der Waals surface area contributed by atoms with Crippen molar-refractivity contribution in [2.75, 3.05) is 11.9 Å². The topological polar surface area (TPSA) is 125 Å². The molecule has 8 nitrogen and oxygen atoms in total. The summed E-state index contributed by atoms with van der Waals surface area (Å²) < 4.78 is 5.17. The van der Waals surface area contributed by atoms with Crippen LogP contribution < -0.4 is 15.8 Å². The maximum Gasteiger partial charge on any atom is 0.311 e. The first-order chi connectivity index (χ1) is 11.4. The molecule has 8 heteroatoms. The van der Waals surface area contributed by atoms with Gasteiger partial charge in [-0.05, 0) is 31.2 Å². The number of para-hydroxylation sites is 1. The van der Waals surface area contributed by atoms with Crippen LogP contribution in [0, 0.1) is 10.1 Å². The average Bonchev–Trinajstić information content (AvgIpc) is 2.55. The zero-order chi connectivity index (χ0) is 17.7. The SMILES string of the molecule is CCOc1ccc(C(=O)Nc2ccccc2C(N)=O)cc1[N+](=O)[O-]. The smallest absolute Gasteiger partial charge is 0.311 e. The van der Waals surface area contributed by atoms with E-state index in [1.807, 2.05) is 0 Å². The van der Waals surface area contributed by atoms with Crippen molar-refractivity contribution in [1.29, 1.82) is 0 Å². The fraction of sp³-hybridized carbons (Fsp3) is 0.125. The van der Waals surface area contributed by atoms with Crippen molar-refractivity contribution >= 4 is 23.2 Å². The van der Waals surface area contributed by atoms with Gasteiger partial charge in [0.05, 0.1) is 22.8 Å². The lowest BCUT2D eigenvalue weighted by atomic mass is 10.1. The second-order valence-electron chi connectivity index (χ2n) is 4.74. The number of benzene rings is 2. The second kappa shape index (κ2) is 7.23. The van der Waals surface area contributed by atoms with E-state index in [9.17, 15) is 19.7 Å². The molecule has 0 unspecified atom stereocenters. The number of nitrogens with two attached hydrogens (primary N) is 1. The minimum Gasteiger partial charge on any atom is -0.487 e. The summed E-state index contributed by atoms with van der Waals surface area (Å²) in [7, 11) is 0. The van der Waals surface area contributed by atoms with Crippen LogP contribution in [-0.2, 0) is 0 Å². The number of hydrogen-bond acceptors (Lipinski definition) is 5. The van der Waals surface area contributed by atoms with Crippen LogP contribution in [0.5, 0.6) is 5.75 Å². The summed E-state index contributed by atoms with van der Waals surface area (Å²) in [4.78, 5) is 34.2. The van der Waals surface area contributed by atoms with E-state index in [2.05, 4.69) is 5.32 Å². The van der Waals surface area contributed by atoms with Crippen molar-refractivity contribution in [2.24, 2.45) is 5.73 Å². The van der Waals surface area contributed by atoms with E-state index in [-0.39, 0.29) is 34.9 Å². The van der Waals surface area contributed by atoms with Crippen LogP contribution in [0.4, 0.5) is 11.4 Å². The molecule has 2 aromatic rings. The zero-order valence-corrected chi connectivity index (χ0v) is 12.8. The summed E-state index contributed by atoms with van der Waals surface area (Å²) in [6, 6.07) is 10.1. The molecule has 0 aliphatic rings. The third-order valence-corrected chi connectivity index (χ3v) is 3.16. The molecule has 0 aliphatic heterocycles. The Hall–Kier alpha value is -3.42. The van der Waals surface area contributed by atoms with Crippen molar-refractivity contribution in [3.63, 3.8) is 0 Å². The number of nitro groups is 1. The van der Waals surface area contributed by atoms with Gasteiger partial charge in [0.2, 0.25) is 0 Å². The molecular formula is C16H15N3O5. The number of ether oxygens (including phenoxy) is 1. The maximum absolute atomic E-state index is 12.3. The first-order valence-corrected chi connectivity index (χ1v) is 7.05. The van der Waals surface area contributed by atoms with E-state index in [0.29, 0.717) is 0 Å². The Labute approximate surface area is 137 Å². The molecule has 0 saturated heterocycles. The monoisotopic (exact) mass is 329 g/mol. The van der Waals surface area contributed by atoms with Crippen LogP contribution in [0.3, 0.4) is 0 Å². The van der Waals surface area contributed by atoms with Gasteiger partial charge in [-0.1, -0.05) is 12.1 Å². The summed E-state index contributed by atoms with van der Waals surface area (Å²) in [6.07, 6.45) is 0. The highest BCUT2D eigenvalue weighted by Gasteiger charge is 2.19. The van der Waals surface area contributed by atoms with Crippen molar-refractivity contribution in [3.8, 4) is 5.75 Å². The zero-order valence-electron chi connectivity index (χ0n) is 12.8. The lowest BCUT2D eigenvalue weighted by molar-refractivity contribution is -0.385. The normalized spacial score (nSPS) is 10.0. The Morgan fingerprint density at radius 3 is 2.58 bits per heavy atom. The molecule has 0 radical (unpaired) electrons. The average molecular weight is 329 g/mol. The highest BCUT2D eigenvalue weighted by Crippen LogP contribution is 2.28. The minimum absolute atomic E-state index is 0.0597. The number of carbonyl (C=O) groups is 2. The molecule has 0 aliphatic carbocycles. The summed E-state index contributed by atoms with van der Waals surface area (Å²) in [5.41, 5.74) is 5.37. The quantitative estimate of drug-likeness (QED) is 0.621. The van der Waals surface area contributed by atoms with Gasteiger partial charge < -0.3 is 15.8 Å². The van der Waals surface area contributed by atoms with Crippen molar-refractivity contribution in [3.05, 3.63) is 63.7 Å². The van der Waals surface area contributed by atoms with Crippen LogP contribution >= 0.6 is 0 Å². The van der Waals surface area contributed by atoms with Gasteiger partial charge in [0.15, 0.2) is 5.75 Å². The van der Waals surface area contributed by atoms with Crippen molar-refractivity contribution in [1.82, 2.24) is 0 Å². The van der Waals surface area contributed by atoms with E-state index in [4.69, 9.17) is 10.5 Å². The lowest BCUT2D eigenvalue weighted by Gasteiger charge is -2.10. The third kappa shape index (κ3) is 3.67. The number of anilines is 1. The lowest BCUT2D eigenvalue weighted by Crippen LogP contribution is -2.18. The molecule has 0 spiro atoms. The fourth-order valence-electron chi connectivity index (χ4n) is 2.08. The van der Waals surface area contributed by atoms with Gasteiger partial charge in [-0.15, -0.1) is 0 Å². The number of nitrogens with zero attached hydrogens (tertiary/aromatic N) is 1. The second-order valence-corrected chi connectivity index (χ2v) is 4.74. The van der Waals surface area contributed by atoms with Crippen LogP contribution in [0.15, 0.2) is 42.5 Å². The van der Waals surface area contributed by atoms with Gasteiger partial charge in [0.1, 0.15) is 0 Å². The Morgan fingerprint density at radius 1 is 1.25 bits per heavy atom. The molecule has 2 amide bonds. The Morgan fingerprint density at radius 2 is 1.96 bits per heavy atom. The Balaban J connectivity index is 2.32. The van der Waals surface area contributed by atoms with Gasteiger partial charge in [0.25, 0.3) is 11.8 Å². The van der Waals surface area contributed by atoms with Crippen molar-refractivity contribution < 1.29 is 19.2 Å². The molecule has 0 heterocycles. The number of amides is 2. The van der Waals surface area contributed by atoms with Crippen LogP contribution in [0.25, 0.3) is 0 Å². The van der Waals surface area contributed by atoms with E-state index < -0.39 is 16.7 Å². The number of nitrogens with one attached hydrogen (secondary N) is 1. The molecular weight excluding hydrogens is 314 g/mol. The summed E-state index contributed by atoms with van der Waals surface area (Å²) >= 11 is 0. The van der Waals surface area contributed by atoms with Gasteiger partial charge in [-0.2, -0.15) is 0 Å². The van der Waals surface area contributed by atoms with Crippen LogP contribution in [0.1, 0.15) is 27.6 Å². The predicted molar refractivity (Wildman–Crippen MR) is 87.2 cm³/mol. The number of hydrogen-bond donors (Lipinski definition) is 2. The molecule has 2 rings (SSSR count). The first-order valence-electron chi connectivity index (χ1n) is 7.05. The molecule has 24 heavy (non-hydrogen) atoms. The third-order valence-electron chi connectivity index (χ3n) is 3.16. The van der Waals surface area contributed by atoms with Crippen molar-refractivity contribution in [2.45, 2.75) is 6.92 Å². The molecule has 3 N–H and O–H groups in total. The standard InChI is InChI=1S/C16H15N3O5/c1-2-24-14-8-7-10(9-13(14)19(22)23)16(21)18-12-6-4-3-5-11(12)15(17)20/h3-9H,2H2,1H3,(H2,17,20)(H,18,21). The highest BCUT2D eigenvalue weighted by molar-refractivity contribution is 6.09. The van der Waals surface area contributed by atoms with Gasteiger partial charge in [-0.3, -0.25) is 19.7 Å². The largest absolute Gasteiger partial charge is 0.487 e. The summed E-state index contributed by atoms with van der Waals surface area (Å²) in [6.45, 7) is 1.96. The van der Waals surface area contributed by atoms with Crippen LogP contribution in [0.2, 0.25) is 0 Å². The molecule has 0 saturated carbocycles. The number of carbonyl (C=O) groups excluding carboxylic acids is 2. The molecule has 0 fully saturated rings. The number of primary amides is 1. The first kappa shape index (κ1) is 16.9. The highest BCUT2D eigenvalue weighted by atomic mass is 16.6. The fourth-order valence-corrected chi connectivity index (χ4v) is 2.08. The van der Waals surface area contributed by atoms with Gasteiger partial charge >= 0.3 is 5.69 Å². The molecule has 124 valence electrons. The predicted octanol–water partition coefficient (Wildman–Crippen LogP) is 2.34. The molecule has 0 aromatic heterocycles. The molecule has 2 aromatic carbocycles. The number of rotatable bonds is 6. The van der Waals surface area contributed by atoms with Gasteiger partial charge in [-0.25, -0.2) is 0 Å². The molecule has 0 bridgehead atoms. The maximum atomic E-state index is 12.3. The summed E-state index contributed by atoms with van der Waals surface area (Å²) in [5, 5.41) is 13.6. The minimum atomic E-state index is -0.691. The van der Waals surface area contributed by atoms with E-state index in [1.165, 1.54) is 24.3 Å². The van der Waals surface area contributed by atoms with E-state index in [1.54, 1.807) is 19.1 Å². The Bertz CT molecular complexity index is 804. The Kier molecular flexibility index (Phi) is 5.10. The number of nitro benzene ring substituents is 1. The van der Waals surface area contributed by atoms with E-state index in [0.717, 1.165) is 6.07 Å². The van der Waals surface area contributed by atoms with Gasteiger partial charge in [0, 0.05) is 11.6 Å². The summed E-state index contributed by atoms with van der Waals surface area (Å²) in [5.74, 6) is -1.21. The van der Waals surface area contributed by atoms with Crippen LogP contribution in [-0.4, -0.2) is 23.3 Å². The molecule has 0 atom stereocenters. The van der Waals surface area contributed by atoms with E-state index >= 15 is 0 Å².